The molecule has 0 fully saturated rings. The van der Waals surface area contributed by atoms with Crippen LogP contribution in [0.1, 0.15) is 34.5 Å². The molecule has 7 nitrogen and oxygen atoms in total. The Morgan fingerprint density at radius 2 is 1.83 bits per heavy atom. The van der Waals surface area contributed by atoms with Gasteiger partial charge in [0.2, 0.25) is 0 Å². The van der Waals surface area contributed by atoms with Crippen molar-refractivity contribution in [1.82, 2.24) is 4.57 Å². The summed E-state index contributed by atoms with van der Waals surface area (Å²) in [5.74, 6) is -1.38. The molecule has 1 atom stereocenters. The SMILES string of the molecule is COC(=O)c1c(N)c(C#N)cn1-c1ccc(C(C)C(=O)OC)cc1. The average Bonchev–Trinajstić information content (AvgIpc) is 2.96. The van der Waals surface area contributed by atoms with Crippen molar-refractivity contribution in [2.45, 2.75) is 12.8 Å². The molecule has 0 spiro atoms. The molecule has 0 radical (unpaired) electrons. The maximum atomic E-state index is 12.0. The van der Waals surface area contributed by atoms with Crippen LogP contribution in [0.3, 0.4) is 0 Å². The third-order valence-corrected chi connectivity index (χ3v) is 3.77. The number of esters is 2. The topological polar surface area (TPSA) is 107 Å². The van der Waals surface area contributed by atoms with Gasteiger partial charge >= 0.3 is 11.9 Å². The number of anilines is 1. The summed E-state index contributed by atoms with van der Waals surface area (Å²) in [5.41, 5.74) is 7.58. The Balaban J connectivity index is 2.48. The molecule has 0 aliphatic rings. The molecule has 1 heterocycles. The number of methoxy groups -OCH3 is 2. The van der Waals surface area contributed by atoms with Crippen molar-refractivity contribution in [3.05, 3.63) is 47.3 Å². The second-order valence-corrected chi connectivity index (χ2v) is 5.11. The predicted octanol–water partition coefficient (Wildman–Crippen LogP) is 1.99. The number of nitrogen functional groups attached to an aromatic ring is 1. The van der Waals surface area contributed by atoms with Crippen LogP contribution in [0, 0.1) is 11.3 Å². The van der Waals surface area contributed by atoms with Crippen molar-refractivity contribution < 1.29 is 19.1 Å². The summed E-state index contributed by atoms with van der Waals surface area (Å²) >= 11 is 0. The molecule has 0 saturated heterocycles. The minimum absolute atomic E-state index is 0.0661. The van der Waals surface area contributed by atoms with Crippen LogP contribution in [0.25, 0.3) is 5.69 Å². The smallest absolute Gasteiger partial charge is 0.357 e. The van der Waals surface area contributed by atoms with Gasteiger partial charge in [0.1, 0.15) is 6.07 Å². The first kappa shape index (κ1) is 17.1. The van der Waals surface area contributed by atoms with Crippen LogP contribution in [0.2, 0.25) is 0 Å². The number of aromatic nitrogens is 1. The van der Waals surface area contributed by atoms with Crippen molar-refractivity contribution >= 4 is 17.6 Å². The molecule has 2 rings (SSSR count). The Hall–Kier alpha value is -3.27. The first-order valence-corrected chi connectivity index (χ1v) is 7.12. The number of ether oxygens (including phenoxy) is 2. The van der Waals surface area contributed by atoms with E-state index in [0.29, 0.717) is 5.69 Å². The zero-order valence-electron chi connectivity index (χ0n) is 13.6. The van der Waals surface area contributed by atoms with Crippen molar-refractivity contribution in [3.8, 4) is 11.8 Å². The number of benzene rings is 1. The lowest BCUT2D eigenvalue weighted by molar-refractivity contribution is -0.141. The van der Waals surface area contributed by atoms with Gasteiger partial charge in [-0.15, -0.1) is 0 Å². The van der Waals surface area contributed by atoms with Crippen molar-refractivity contribution in [2.75, 3.05) is 20.0 Å². The third-order valence-electron chi connectivity index (χ3n) is 3.77. The average molecular weight is 327 g/mol. The van der Waals surface area contributed by atoms with Crippen molar-refractivity contribution in [2.24, 2.45) is 0 Å². The lowest BCUT2D eigenvalue weighted by Gasteiger charge is -2.12. The van der Waals surface area contributed by atoms with Gasteiger partial charge in [-0.05, 0) is 24.6 Å². The molecular weight excluding hydrogens is 310 g/mol. The molecule has 2 aromatic rings. The van der Waals surface area contributed by atoms with E-state index in [-0.39, 0.29) is 22.9 Å². The molecule has 124 valence electrons. The second-order valence-electron chi connectivity index (χ2n) is 5.11. The van der Waals surface area contributed by atoms with E-state index in [1.165, 1.54) is 25.0 Å². The van der Waals surface area contributed by atoms with E-state index in [1.807, 2.05) is 6.07 Å². The zero-order chi connectivity index (χ0) is 17.9. The Morgan fingerprint density at radius 3 is 2.33 bits per heavy atom. The fourth-order valence-electron chi connectivity index (χ4n) is 2.35. The van der Waals surface area contributed by atoms with E-state index < -0.39 is 11.9 Å². The van der Waals surface area contributed by atoms with Crippen LogP contribution < -0.4 is 5.73 Å². The van der Waals surface area contributed by atoms with Gasteiger partial charge in [-0.3, -0.25) is 4.79 Å². The molecule has 2 N–H and O–H groups in total. The summed E-state index contributed by atoms with van der Waals surface area (Å²) in [7, 11) is 2.58. The molecule has 0 aliphatic heterocycles. The molecule has 0 saturated carbocycles. The number of hydrogen-bond donors (Lipinski definition) is 1. The summed E-state index contributed by atoms with van der Waals surface area (Å²) in [6.07, 6.45) is 1.47. The predicted molar refractivity (Wildman–Crippen MR) is 86.7 cm³/mol. The van der Waals surface area contributed by atoms with Crippen LogP contribution in [0.4, 0.5) is 5.69 Å². The molecule has 1 unspecified atom stereocenters. The van der Waals surface area contributed by atoms with Gasteiger partial charge in [-0.1, -0.05) is 12.1 Å². The lowest BCUT2D eigenvalue weighted by Crippen LogP contribution is -2.12. The van der Waals surface area contributed by atoms with Crippen LogP contribution in [-0.2, 0) is 14.3 Å². The Bertz CT molecular complexity index is 816. The number of rotatable bonds is 4. The molecule has 24 heavy (non-hydrogen) atoms. The van der Waals surface area contributed by atoms with E-state index in [2.05, 4.69) is 0 Å². The standard InChI is InChI=1S/C17H17N3O4/c1-10(16(21)23-2)11-4-6-13(7-5-11)20-9-12(8-18)14(19)15(20)17(22)24-3/h4-7,9-10H,19H2,1-3H3. The highest BCUT2D eigenvalue weighted by Gasteiger charge is 2.22. The second kappa shape index (κ2) is 6.87. The first-order valence-electron chi connectivity index (χ1n) is 7.12. The van der Waals surface area contributed by atoms with Crippen LogP contribution >= 0.6 is 0 Å². The van der Waals surface area contributed by atoms with Crippen molar-refractivity contribution in [1.29, 1.82) is 5.26 Å². The monoisotopic (exact) mass is 327 g/mol. The molecule has 1 aromatic carbocycles. The number of hydrogen-bond acceptors (Lipinski definition) is 6. The molecular formula is C17H17N3O4. The summed E-state index contributed by atoms with van der Waals surface area (Å²) in [4.78, 5) is 23.6. The number of nitriles is 1. The van der Waals surface area contributed by atoms with E-state index >= 15 is 0 Å². The van der Waals surface area contributed by atoms with Gasteiger partial charge in [-0.25, -0.2) is 4.79 Å². The summed E-state index contributed by atoms with van der Waals surface area (Å²) in [5, 5.41) is 9.12. The van der Waals surface area contributed by atoms with Gasteiger partial charge in [0, 0.05) is 11.9 Å². The molecule has 0 bridgehead atoms. The van der Waals surface area contributed by atoms with Crippen molar-refractivity contribution in [3.63, 3.8) is 0 Å². The van der Waals surface area contributed by atoms with E-state index in [4.69, 9.17) is 20.5 Å². The Morgan fingerprint density at radius 1 is 1.21 bits per heavy atom. The van der Waals surface area contributed by atoms with Gasteiger partial charge in [-0.2, -0.15) is 5.26 Å². The number of nitrogens with zero attached hydrogens (tertiary/aromatic N) is 2. The summed E-state index contributed by atoms with van der Waals surface area (Å²) < 4.78 is 10.9. The summed E-state index contributed by atoms with van der Waals surface area (Å²) in [6.45, 7) is 1.74. The van der Waals surface area contributed by atoms with Gasteiger partial charge in [0.05, 0.1) is 31.4 Å². The Labute approximate surface area is 139 Å². The molecule has 0 aliphatic carbocycles. The number of carbonyl (C=O) groups excluding carboxylic acids is 2. The Kier molecular flexibility index (Phi) is 4.90. The maximum Gasteiger partial charge on any atom is 0.357 e. The third kappa shape index (κ3) is 2.94. The minimum atomic E-state index is -0.638. The van der Waals surface area contributed by atoms with E-state index in [9.17, 15) is 9.59 Å². The lowest BCUT2D eigenvalue weighted by atomic mass is 10.0. The highest BCUT2D eigenvalue weighted by Crippen LogP contribution is 2.26. The minimum Gasteiger partial charge on any atom is -0.469 e. The molecule has 7 heteroatoms. The van der Waals surface area contributed by atoms with E-state index in [0.717, 1.165) is 5.56 Å². The quantitative estimate of drug-likeness (QED) is 0.861. The zero-order valence-corrected chi connectivity index (χ0v) is 13.6. The molecule has 1 aromatic heterocycles. The fraction of sp³-hybridized carbons (Fsp3) is 0.235. The molecule has 0 amide bonds. The van der Waals surface area contributed by atoms with Crippen LogP contribution in [-0.4, -0.2) is 30.7 Å². The highest BCUT2D eigenvalue weighted by atomic mass is 16.5. The van der Waals surface area contributed by atoms with Crippen LogP contribution in [0.15, 0.2) is 30.5 Å². The normalized spacial score (nSPS) is 11.4. The number of carbonyl (C=O) groups is 2. The first-order chi connectivity index (χ1) is 11.4. The van der Waals surface area contributed by atoms with Gasteiger partial charge in [0.15, 0.2) is 5.69 Å². The number of nitrogens with two attached hydrogens (primary N) is 1. The van der Waals surface area contributed by atoms with Gasteiger partial charge < -0.3 is 19.8 Å². The van der Waals surface area contributed by atoms with Gasteiger partial charge in [0.25, 0.3) is 0 Å². The highest BCUT2D eigenvalue weighted by molar-refractivity contribution is 5.95. The maximum absolute atomic E-state index is 12.0. The summed E-state index contributed by atoms with van der Waals surface area (Å²) in [6, 6.07) is 8.89. The van der Waals surface area contributed by atoms with Crippen LogP contribution in [0.5, 0.6) is 0 Å². The largest absolute Gasteiger partial charge is 0.469 e. The fourth-order valence-corrected chi connectivity index (χ4v) is 2.35. The van der Waals surface area contributed by atoms with E-state index in [1.54, 1.807) is 31.2 Å².